The Kier molecular flexibility index (Phi) is 4.08. The molecule has 1 fully saturated rings. The molecule has 0 radical (unpaired) electrons. The van der Waals surface area contributed by atoms with E-state index in [1.54, 1.807) is 0 Å². The molecule has 120 valence electrons. The predicted octanol–water partition coefficient (Wildman–Crippen LogP) is 2.55. The van der Waals surface area contributed by atoms with Gasteiger partial charge in [0.1, 0.15) is 5.82 Å². The third kappa shape index (κ3) is 2.70. The van der Waals surface area contributed by atoms with Gasteiger partial charge in [0.25, 0.3) is 0 Å². The summed E-state index contributed by atoms with van der Waals surface area (Å²) in [4.78, 5) is 7.25. The molecule has 1 atom stereocenters. The highest BCUT2D eigenvalue weighted by atomic mass is 15.3. The van der Waals surface area contributed by atoms with Gasteiger partial charge in [-0.15, -0.1) is 0 Å². The topological polar surface area (TPSA) is 38.9 Å². The van der Waals surface area contributed by atoms with E-state index in [1.807, 2.05) is 0 Å². The molecule has 5 heteroatoms. The monoisotopic (exact) mass is 301 g/mol. The Bertz CT molecular complexity index is 667. The normalized spacial score (nSPS) is 19.2. The van der Waals surface area contributed by atoms with Gasteiger partial charge in [-0.1, -0.05) is 0 Å². The minimum Gasteiger partial charge on any atom is -0.337 e. The fourth-order valence-electron chi connectivity index (χ4n) is 3.70. The first-order valence-corrected chi connectivity index (χ1v) is 8.24. The molecule has 1 aliphatic heterocycles. The van der Waals surface area contributed by atoms with Crippen LogP contribution in [0.3, 0.4) is 0 Å². The van der Waals surface area contributed by atoms with Gasteiger partial charge in [0, 0.05) is 50.1 Å². The Morgan fingerprint density at radius 1 is 1.27 bits per heavy atom. The van der Waals surface area contributed by atoms with Crippen molar-refractivity contribution < 1.29 is 0 Å². The lowest BCUT2D eigenvalue weighted by molar-refractivity contribution is 0.323. The maximum Gasteiger partial charge on any atom is 0.113 e. The number of hydrogen-bond acceptors (Lipinski definition) is 3. The molecular formula is C17H27N5. The molecule has 0 N–H and O–H groups in total. The molecular weight excluding hydrogens is 274 g/mol. The maximum absolute atomic E-state index is 4.71. The van der Waals surface area contributed by atoms with Crippen molar-refractivity contribution in [3.05, 3.63) is 34.7 Å². The highest BCUT2D eigenvalue weighted by molar-refractivity contribution is 5.24. The SMILES string of the molecule is CCn1nc(C)c(CN2CC[C@H](c3nc(C)cn3C)C2)c1C. The van der Waals surface area contributed by atoms with Crippen molar-refractivity contribution in [2.24, 2.45) is 7.05 Å². The summed E-state index contributed by atoms with van der Waals surface area (Å²) in [5.74, 6) is 1.79. The molecule has 2 aromatic heterocycles. The summed E-state index contributed by atoms with van der Waals surface area (Å²) in [7, 11) is 2.11. The van der Waals surface area contributed by atoms with Crippen LogP contribution in [0.2, 0.25) is 0 Å². The number of likely N-dealkylation sites (tertiary alicyclic amines) is 1. The highest BCUT2D eigenvalue weighted by Crippen LogP contribution is 2.28. The van der Waals surface area contributed by atoms with Gasteiger partial charge < -0.3 is 4.57 Å². The van der Waals surface area contributed by atoms with Crippen LogP contribution in [0.1, 0.15) is 47.7 Å². The maximum atomic E-state index is 4.71. The van der Waals surface area contributed by atoms with Crippen molar-refractivity contribution in [2.75, 3.05) is 13.1 Å². The predicted molar refractivity (Wildman–Crippen MR) is 88.0 cm³/mol. The molecule has 2 aromatic rings. The van der Waals surface area contributed by atoms with Crippen LogP contribution in [-0.2, 0) is 20.1 Å². The van der Waals surface area contributed by atoms with Gasteiger partial charge in [-0.05, 0) is 40.7 Å². The van der Waals surface area contributed by atoms with E-state index in [0.717, 1.165) is 31.9 Å². The van der Waals surface area contributed by atoms with Crippen LogP contribution in [0.15, 0.2) is 6.20 Å². The lowest BCUT2D eigenvalue weighted by Gasteiger charge is -2.16. The smallest absolute Gasteiger partial charge is 0.113 e. The second-order valence-electron chi connectivity index (χ2n) is 6.54. The van der Waals surface area contributed by atoms with E-state index in [0.29, 0.717) is 5.92 Å². The number of aromatic nitrogens is 4. The molecule has 0 spiro atoms. The van der Waals surface area contributed by atoms with Crippen molar-refractivity contribution in [1.82, 2.24) is 24.2 Å². The highest BCUT2D eigenvalue weighted by Gasteiger charge is 2.28. The summed E-state index contributed by atoms with van der Waals surface area (Å²) in [6, 6.07) is 0. The van der Waals surface area contributed by atoms with Crippen molar-refractivity contribution in [3.63, 3.8) is 0 Å². The number of rotatable bonds is 4. The molecule has 1 aliphatic rings. The average molecular weight is 301 g/mol. The Labute approximate surface area is 133 Å². The van der Waals surface area contributed by atoms with E-state index in [-0.39, 0.29) is 0 Å². The Balaban J connectivity index is 1.71. The molecule has 0 saturated carbocycles. The van der Waals surface area contributed by atoms with Gasteiger partial charge in [0.15, 0.2) is 0 Å². The zero-order chi connectivity index (χ0) is 15.9. The summed E-state index contributed by atoms with van der Waals surface area (Å²) in [6.45, 7) is 12.7. The molecule has 0 aliphatic carbocycles. The fraction of sp³-hybridized carbons (Fsp3) is 0.647. The van der Waals surface area contributed by atoms with Crippen LogP contribution in [0.25, 0.3) is 0 Å². The van der Waals surface area contributed by atoms with Crippen molar-refractivity contribution in [3.8, 4) is 0 Å². The van der Waals surface area contributed by atoms with Gasteiger partial charge in [-0.3, -0.25) is 9.58 Å². The summed E-state index contributed by atoms with van der Waals surface area (Å²) < 4.78 is 4.30. The summed E-state index contributed by atoms with van der Waals surface area (Å²) >= 11 is 0. The molecule has 3 rings (SSSR count). The van der Waals surface area contributed by atoms with E-state index in [1.165, 1.54) is 29.2 Å². The fourth-order valence-corrected chi connectivity index (χ4v) is 3.70. The molecule has 0 unspecified atom stereocenters. The van der Waals surface area contributed by atoms with Gasteiger partial charge in [0.2, 0.25) is 0 Å². The largest absolute Gasteiger partial charge is 0.337 e. The molecule has 22 heavy (non-hydrogen) atoms. The van der Waals surface area contributed by atoms with Crippen molar-refractivity contribution in [1.29, 1.82) is 0 Å². The average Bonchev–Trinajstić information content (AvgIpc) is 3.13. The first-order chi connectivity index (χ1) is 10.5. The summed E-state index contributed by atoms with van der Waals surface area (Å²) in [6.07, 6.45) is 3.32. The third-order valence-corrected chi connectivity index (χ3v) is 4.88. The Morgan fingerprint density at radius 2 is 2.05 bits per heavy atom. The second-order valence-corrected chi connectivity index (χ2v) is 6.54. The van der Waals surface area contributed by atoms with Crippen molar-refractivity contribution in [2.45, 2.75) is 53.1 Å². The van der Waals surface area contributed by atoms with Crippen LogP contribution < -0.4 is 0 Å². The molecule has 3 heterocycles. The van der Waals surface area contributed by atoms with Gasteiger partial charge in [0.05, 0.1) is 11.4 Å². The number of imidazole rings is 1. The van der Waals surface area contributed by atoms with Crippen LogP contribution in [-0.4, -0.2) is 37.3 Å². The summed E-state index contributed by atoms with van der Waals surface area (Å²) in [5.41, 5.74) is 5.01. The first-order valence-electron chi connectivity index (χ1n) is 8.24. The van der Waals surface area contributed by atoms with Crippen LogP contribution in [0.4, 0.5) is 0 Å². The minimum atomic E-state index is 0.556. The number of aryl methyl sites for hydroxylation is 4. The van der Waals surface area contributed by atoms with E-state index in [2.05, 4.69) is 60.2 Å². The standard InChI is InChI=1S/C17H27N5/c1-6-22-14(4)16(13(3)19-22)11-21-8-7-15(10-21)17-18-12(2)9-20(17)5/h9,15H,6-8,10-11H2,1-5H3/t15-/m0/s1. The van der Waals surface area contributed by atoms with E-state index >= 15 is 0 Å². The van der Waals surface area contributed by atoms with Gasteiger partial charge in [-0.25, -0.2) is 4.98 Å². The van der Waals surface area contributed by atoms with E-state index < -0.39 is 0 Å². The molecule has 0 aromatic carbocycles. The molecule has 1 saturated heterocycles. The van der Waals surface area contributed by atoms with E-state index in [4.69, 9.17) is 4.98 Å². The lowest BCUT2D eigenvalue weighted by Crippen LogP contribution is -2.21. The lowest BCUT2D eigenvalue weighted by atomic mass is 10.1. The third-order valence-electron chi connectivity index (χ3n) is 4.88. The van der Waals surface area contributed by atoms with E-state index in [9.17, 15) is 0 Å². The van der Waals surface area contributed by atoms with Gasteiger partial charge >= 0.3 is 0 Å². The first kappa shape index (κ1) is 15.3. The Morgan fingerprint density at radius 3 is 2.64 bits per heavy atom. The quantitative estimate of drug-likeness (QED) is 0.871. The minimum absolute atomic E-state index is 0.556. The summed E-state index contributed by atoms with van der Waals surface area (Å²) in [5, 5.41) is 4.64. The van der Waals surface area contributed by atoms with Gasteiger partial charge in [-0.2, -0.15) is 5.10 Å². The van der Waals surface area contributed by atoms with Crippen LogP contribution in [0, 0.1) is 20.8 Å². The number of nitrogens with zero attached hydrogens (tertiary/aromatic N) is 5. The Hall–Kier alpha value is -1.62. The zero-order valence-electron chi connectivity index (χ0n) is 14.4. The van der Waals surface area contributed by atoms with Crippen LogP contribution >= 0.6 is 0 Å². The van der Waals surface area contributed by atoms with Crippen LogP contribution in [0.5, 0.6) is 0 Å². The molecule has 0 amide bonds. The number of hydrogen-bond donors (Lipinski definition) is 0. The zero-order valence-corrected chi connectivity index (χ0v) is 14.4. The molecule has 5 nitrogen and oxygen atoms in total. The van der Waals surface area contributed by atoms with Crippen molar-refractivity contribution >= 4 is 0 Å². The molecule has 0 bridgehead atoms. The second kappa shape index (κ2) is 5.88.